The van der Waals surface area contributed by atoms with Gasteiger partial charge in [0, 0.05) is 19.1 Å². The molecule has 0 N–H and O–H groups in total. The van der Waals surface area contributed by atoms with E-state index in [1.165, 1.54) is 10.4 Å². The zero-order valence-corrected chi connectivity index (χ0v) is 17.5. The van der Waals surface area contributed by atoms with Gasteiger partial charge in [0.2, 0.25) is 10.0 Å². The lowest BCUT2D eigenvalue weighted by atomic mass is 10.0. The summed E-state index contributed by atoms with van der Waals surface area (Å²) in [5, 5.41) is 0. The average Bonchev–Trinajstić information content (AvgIpc) is 2.59. The maximum Gasteiger partial charge on any atom is 0.416 e. The van der Waals surface area contributed by atoms with Gasteiger partial charge in [-0.3, -0.25) is 0 Å². The summed E-state index contributed by atoms with van der Waals surface area (Å²) < 4.78 is 65.3. The van der Waals surface area contributed by atoms with Crippen LogP contribution in [0.2, 0.25) is 0 Å². The van der Waals surface area contributed by atoms with Crippen LogP contribution in [0.25, 0.3) is 0 Å². The molecule has 0 unspecified atom stereocenters. The van der Waals surface area contributed by atoms with E-state index in [0.29, 0.717) is 37.9 Å². The normalized spacial score (nSPS) is 17.3. The molecule has 1 saturated heterocycles. The van der Waals surface area contributed by atoms with Crippen LogP contribution in [0.4, 0.5) is 13.2 Å². The predicted octanol–water partition coefficient (Wildman–Crippen LogP) is 4.26. The van der Waals surface area contributed by atoms with Crippen LogP contribution in [0.15, 0.2) is 29.2 Å². The fourth-order valence-corrected chi connectivity index (χ4v) is 4.67. The number of alkyl halides is 3. The third kappa shape index (κ3) is 6.34. The molecule has 27 heavy (non-hydrogen) atoms. The fourth-order valence-electron chi connectivity index (χ4n) is 3.15. The molecule has 0 spiro atoms. The van der Waals surface area contributed by atoms with Gasteiger partial charge in [0.15, 0.2) is 0 Å². The molecule has 1 aromatic carbocycles. The molecule has 1 aliphatic heterocycles. The van der Waals surface area contributed by atoms with E-state index in [9.17, 15) is 21.6 Å². The van der Waals surface area contributed by atoms with E-state index in [-0.39, 0.29) is 17.3 Å². The Morgan fingerprint density at radius 1 is 1.22 bits per heavy atom. The highest BCUT2D eigenvalue weighted by molar-refractivity contribution is 7.89. The third-order valence-corrected chi connectivity index (χ3v) is 6.80. The van der Waals surface area contributed by atoms with Crippen LogP contribution >= 0.6 is 12.4 Å². The molecule has 0 saturated carbocycles. The Balaban J connectivity index is 0.00000364. The molecule has 9 heteroatoms. The van der Waals surface area contributed by atoms with Gasteiger partial charge in [-0.2, -0.15) is 17.5 Å². The van der Waals surface area contributed by atoms with Gasteiger partial charge in [-0.1, -0.05) is 19.9 Å². The minimum atomic E-state index is -4.56. The van der Waals surface area contributed by atoms with Crippen molar-refractivity contribution in [2.45, 2.75) is 50.2 Å². The molecule has 1 aromatic rings. The Hall–Kier alpha value is -0.830. The zero-order chi connectivity index (χ0) is 19.5. The number of piperidine rings is 1. The summed E-state index contributed by atoms with van der Waals surface area (Å²) in [6.45, 7) is 5.95. The van der Waals surface area contributed by atoms with Gasteiger partial charge < -0.3 is 4.90 Å². The van der Waals surface area contributed by atoms with E-state index in [4.69, 9.17) is 0 Å². The van der Waals surface area contributed by atoms with Crippen LogP contribution in [-0.2, 0) is 16.2 Å². The Morgan fingerprint density at radius 3 is 2.33 bits per heavy atom. The van der Waals surface area contributed by atoms with Crippen molar-refractivity contribution in [3.63, 3.8) is 0 Å². The largest absolute Gasteiger partial charge is 0.416 e. The molecular weight excluding hydrogens is 401 g/mol. The number of rotatable bonds is 6. The van der Waals surface area contributed by atoms with Crippen LogP contribution in [0.3, 0.4) is 0 Å². The second-order valence-electron chi connectivity index (χ2n) is 7.32. The van der Waals surface area contributed by atoms with Gasteiger partial charge in [0.05, 0.1) is 10.5 Å². The fraction of sp³-hybridized carbons (Fsp3) is 0.667. The first-order chi connectivity index (χ1) is 12.0. The van der Waals surface area contributed by atoms with Crippen molar-refractivity contribution in [3.8, 4) is 0 Å². The SMILES string of the molecule is CC(C)CCN(C)C1CCN(S(=O)(=O)c2cccc(C(F)(F)F)c2)CC1.Cl. The lowest BCUT2D eigenvalue weighted by molar-refractivity contribution is -0.137. The van der Waals surface area contributed by atoms with Gasteiger partial charge in [0.25, 0.3) is 0 Å². The number of hydrogen-bond acceptors (Lipinski definition) is 3. The van der Waals surface area contributed by atoms with Crippen LogP contribution in [-0.4, -0.2) is 50.3 Å². The van der Waals surface area contributed by atoms with Crippen LogP contribution < -0.4 is 0 Å². The molecule has 1 aliphatic rings. The molecule has 0 bridgehead atoms. The van der Waals surface area contributed by atoms with E-state index in [0.717, 1.165) is 31.2 Å². The molecule has 0 atom stereocenters. The molecule has 156 valence electrons. The zero-order valence-electron chi connectivity index (χ0n) is 15.9. The van der Waals surface area contributed by atoms with E-state index in [2.05, 4.69) is 18.7 Å². The Labute approximate surface area is 166 Å². The summed E-state index contributed by atoms with van der Waals surface area (Å²) in [6, 6.07) is 4.28. The quantitative estimate of drug-likeness (QED) is 0.679. The van der Waals surface area contributed by atoms with Crippen molar-refractivity contribution in [2.24, 2.45) is 5.92 Å². The lowest BCUT2D eigenvalue weighted by Crippen LogP contribution is -2.45. The van der Waals surface area contributed by atoms with Gasteiger partial charge in [0.1, 0.15) is 0 Å². The van der Waals surface area contributed by atoms with E-state index in [1.807, 2.05) is 7.05 Å². The molecule has 1 heterocycles. The molecule has 0 amide bonds. The van der Waals surface area contributed by atoms with Gasteiger partial charge in [-0.25, -0.2) is 8.42 Å². The summed E-state index contributed by atoms with van der Waals surface area (Å²) in [5.41, 5.74) is -0.943. The number of sulfonamides is 1. The minimum Gasteiger partial charge on any atom is -0.303 e. The number of nitrogens with zero attached hydrogens (tertiary/aromatic N) is 2. The first-order valence-corrected chi connectivity index (χ1v) is 10.3. The van der Waals surface area contributed by atoms with Crippen molar-refractivity contribution in [2.75, 3.05) is 26.7 Å². The molecule has 1 fully saturated rings. The Kier molecular flexibility index (Phi) is 8.59. The molecule has 0 radical (unpaired) electrons. The first kappa shape index (κ1) is 24.2. The molecule has 4 nitrogen and oxygen atoms in total. The predicted molar refractivity (Wildman–Crippen MR) is 103 cm³/mol. The maximum atomic E-state index is 12.9. The van der Waals surface area contributed by atoms with Gasteiger partial charge in [-0.15, -0.1) is 12.4 Å². The van der Waals surface area contributed by atoms with Crippen molar-refractivity contribution in [3.05, 3.63) is 29.8 Å². The highest BCUT2D eigenvalue weighted by Gasteiger charge is 2.34. The Bertz CT molecular complexity index is 703. The summed E-state index contributed by atoms with van der Waals surface area (Å²) in [4.78, 5) is 1.97. The second-order valence-corrected chi connectivity index (χ2v) is 9.26. The highest BCUT2D eigenvalue weighted by Crippen LogP contribution is 2.31. The number of hydrogen-bond donors (Lipinski definition) is 0. The summed E-state index contributed by atoms with van der Waals surface area (Å²) in [6.07, 6.45) is -2.10. The van der Waals surface area contributed by atoms with Crippen molar-refractivity contribution >= 4 is 22.4 Å². The monoisotopic (exact) mass is 428 g/mol. The molecule has 0 aliphatic carbocycles. The van der Waals surface area contributed by atoms with E-state index in [1.54, 1.807) is 0 Å². The first-order valence-electron chi connectivity index (χ1n) is 8.89. The van der Waals surface area contributed by atoms with Crippen LogP contribution in [0.1, 0.15) is 38.7 Å². The van der Waals surface area contributed by atoms with Crippen LogP contribution in [0.5, 0.6) is 0 Å². The van der Waals surface area contributed by atoms with Crippen molar-refractivity contribution in [1.82, 2.24) is 9.21 Å². The van der Waals surface area contributed by atoms with Crippen LogP contribution in [0, 0.1) is 5.92 Å². The lowest BCUT2D eigenvalue weighted by Gasteiger charge is -2.36. The maximum absolute atomic E-state index is 12.9. The van der Waals surface area contributed by atoms with E-state index < -0.39 is 21.8 Å². The smallest absolute Gasteiger partial charge is 0.303 e. The topological polar surface area (TPSA) is 40.6 Å². The Morgan fingerprint density at radius 2 is 1.81 bits per heavy atom. The molecular formula is C18H28ClF3N2O2S. The average molecular weight is 429 g/mol. The molecule has 0 aromatic heterocycles. The van der Waals surface area contributed by atoms with Crippen molar-refractivity contribution in [1.29, 1.82) is 0 Å². The third-order valence-electron chi connectivity index (χ3n) is 4.91. The standard InChI is InChI=1S/C18H27F3N2O2S.ClH/c1-14(2)7-10-22(3)16-8-11-23(12-9-16)26(24,25)17-6-4-5-15(13-17)18(19,20)21;/h4-6,13-14,16H,7-12H2,1-3H3;1H. The minimum absolute atomic E-state index is 0. The summed E-state index contributed by atoms with van der Waals surface area (Å²) in [7, 11) is -1.86. The molecule has 2 rings (SSSR count). The number of halogens is 4. The number of benzene rings is 1. The van der Waals surface area contributed by atoms with Gasteiger partial charge >= 0.3 is 6.18 Å². The van der Waals surface area contributed by atoms with Crippen molar-refractivity contribution < 1.29 is 21.6 Å². The second kappa shape index (κ2) is 9.58. The van der Waals surface area contributed by atoms with E-state index >= 15 is 0 Å². The summed E-state index contributed by atoms with van der Waals surface area (Å²) in [5.74, 6) is 0.610. The highest BCUT2D eigenvalue weighted by atomic mass is 35.5. The van der Waals surface area contributed by atoms with Gasteiger partial charge in [-0.05, 0) is 57.0 Å². The summed E-state index contributed by atoms with van der Waals surface area (Å²) >= 11 is 0.